The van der Waals surface area contributed by atoms with Gasteiger partial charge in [-0.2, -0.15) is 18.3 Å². The summed E-state index contributed by atoms with van der Waals surface area (Å²) in [6, 6.07) is 8.62. The number of aromatic nitrogens is 4. The van der Waals surface area contributed by atoms with Crippen LogP contribution >= 0.6 is 0 Å². The zero-order valence-electron chi connectivity index (χ0n) is 15.0. The van der Waals surface area contributed by atoms with Crippen LogP contribution in [-0.4, -0.2) is 25.5 Å². The molecule has 0 fully saturated rings. The number of amides is 1. The zero-order chi connectivity index (χ0) is 20.5. The largest absolute Gasteiger partial charge is 0.416 e. The smallest absolute Gasteiger partial charge is 0.324 e. The number of aryl methyl sites for hydroxylation is 2. The molecule has 10 heteroatoms. The van der Waals surface area contributed by atoms with Crippen molar-refractivity contribution in [2.45, 2.75) is 26.6 Å². The van der Waals surface area contributed by atoms with E-state index in [2.05, 4.69) is 15.5 Å². The highest BCUT2D eigenvalue weighted by molar-refractivity contribution is 5.90. The van der Waals surface area contributed by atoms with Crippen LogP contribution in [0.25, 0.3) is 5.82 Å². The number of hydrogen-bond donors (Lipinski definition) is 1. The van der Waals surface area contributed by atoms with Gasteiger partial charge in [0.1, 0.15) is 6.54 Å². The number of anilines is 1. The fourth-order valence-corrected chi connectivity index (χ4v) is 2.60. The Morgan fingerprint density at radius 1 is 1.07 bits per heavy atom. The van der Waals surface area contributed by atoms with Crippen LogP contribution in [0.2, 0.25) is 0 Å². The van der Waals surface area contributed by atoms with Crippen molar-refractivity contribution in [1.29, 1.82) is 0 Å². The highest BCUT2D eigenvalue weighted by atomic mass is 19.4. The summed E-state index contributed by atoms with van der Waals surface area (Å²) in [5, 5.41) is 10.9. The monoisotopic (exact) mass is 391 g/mol. The molecule has 1 N–H and O–H groups in total. The van der Waals surface area contributed by atoms with Gasteiger partial charge in [0.2, 0.25) is 5.91 Å². The Balaban J connectivity index is 1.76. The maximum absolute atomic E-state index is 12.6. The van der Waals surface area contributed by atoms with Crippen LogP contribution in [0.15, 0.2) is 47.3 Å². The number of nitrogens with zero attached hydrogens (tertiary/aromatic N) is 4. The lowest BCUT2D eigenvalue weighted by Crippen LogP contribution is -2.30. The zero-order valence-corrected chi connectivity index (χ0v) is 15.0. The summed E-state index contributed by atoms with van der Waals surface area (Å²) in [7, 11) is 0. The predicted molar refractivity (Wildman–Crippen MR) is 95.2 cm³/mol. The fraction of sp³-hybridized carbons (Fsp3) is 0.222. The molecule has 0 aliphatic heterocycles. The third kappa shape index (κ3) is 4.27. The average molecular weight is 391 g/mol. The highest BCUT2D eigenvalue weighted by Gasteiger charge is 2.30. The molecule has 2 heterocycles. The summed E-state index contributed by atoms with van der Waals surface area (Å²) < 4.78 is 40.2. The standard InChI is InChI=1S/C18H16F3N5O2/c1-11-9-12(2)26(23-11)15-7-8-17(28)25(24-15)10-16(27)22-14-5-3-13(4-6-14)18(19,20)21/h3-9H,10H2,1-2H3,(H,22,27). The van der Waals surface area contributed by atoms with Gasteiger partial charge in [0.15, 0.2) is 5.82 Å². The maximum Gasteiger partial charge on any atom is 0.416 e. The van der Waals surface area contributed by atoms with Crippen molar-refractivity contribution < 1.29 is 18.0 Å². The van der Waals surface area contributed by atoms with E-state index in [0.717, 1.165) is 40.3 Å². The van der Waals surface area contributed by atoms with Crippen molar-refractivity contribution >= 4 is 11.6 Å². The van der Waals surface area contributed by atoms with E-state index in [0.29, 0.717) is 5.82 Å². The van der Waals surface area contributed by atoms with Gasteiger partial charge < -0.3 is 5.32 Å². The van der Waals surface area contributed by atoms with Crippen molar-refractivity contribution in [2.24, 2.45) is 0 Å². The molecule has 0 saturated carbocycles. The predicted octanol–water partition coefficient (Wildman–Crippen LogP) is 2.70. The molecule has 0 saturated heterocycles. The van der Waals surface area contributed by atoms with Crippen LogP contribution in [-0.2, 0) is 17.5 Å². The summed E-state index contributed by atoms with van der Waals surface area (Å²) in [6.07, 6.45) is -4.46. The molecule has 7 nitrogen and oxygen atoms in total. The Morgan fingerprint density at radius 2 is 1.75 bits per heavy atom. The van der Waals surface area contributed by atoms with E-state index in [4.69, 9.17) is 0 Å². The number of carbonyl (C=O) groups excluding carboxylic acids is 1. The molecule has 146 valence electrons. The number of alkyl halides is 3. The lowest BCUT2D eigenvalue weighted by Gasteiger charge is -2.10. The van der Waals surface area contributed by atoms with Gasteiger partial charge in [-0.3, -0.25) is 9.59 Å². The molecule has 0 unspecified atom stereocenters. The summed E-state index contributed by atoms with van der Waals surface area (Å²) in [5.74, 6) is -0.229. The summed E-state index contributed by atoms with van der Waals surface area (Å²) in [5.41, 5.74) is 0.455. The SMILES string of the molecule is Cc1cc(C)n(-c2ccc(=O)n(CC(=O)Nc3ccc(C(F)(F)F)cc3)n2)n1. The molecule has 1 aromatic carbocycles. The molecular formula is C18H16F3N5O2. The minimum atomic E-state index is -4.46. The minimum Gasteiger partial charge on any atom is -0.324 e. The Kier molecular flexibility index (Phi) is 5.04. The van der Waals surface area contributed by atoms with Crippen LogP contribution in [0.5, 0.6) is 0 Å². The molecule has 0 bridgehead atoms. The van der Waals surface area contributed by atoms with Gasteiger partial charge >= 0.3 is 6.18 Å². The molecule has 1 amide bonds. The first-order valence-electron chi connectivity index (χ1n) is 8.22. The van der Waals surface area contributed by atoms with Gasteiger partial charge in [-0.25, -0.2) is 9.36 Å². The quantitative estimate of drug-likeness (QED) is 0.742. The van der Waals surface area contributed by atoms with Gasteiger partial charge in [-0.05, 0) is 50.2 Å². The van der Waals surface area contributed by atoms with Gasteiger partial charge in [0.05, 0.1) is 11.3 Å². The van der Waals surface area contributed by atoms with Gasteiger partial charge in [0.25, 0.3) is 5.56 Å². The summed E-state index contributed by atoms with van der Waals surface area (Å²) in [4.78, 5) is 24.2. The first-order valence-corrected chi connectivity index (χ1v) is 8.22. The normalized spacial score (nSPS) is 11.5. The van der Waals surface area contributed by atoms with Crippen molar-refractivity contribution in [3.8, 4) is 5.82 Å². The van der Waals surface area contributed by atoms with E-state index in [-0.39, 0.29) is 5.69 Å². The summed E-state index contributed by atoms with van der Waals surface area (Å²) >= 11 is 0. The third-order valence-corrected chi connectivity index (χ3v) is 3.87. The molecule has 0 radical (unpaired) electrons. The van der Waals surface area contributed by atoms with Gasteiger partial charge in [0, 0.05) is 17.4 Å². The number of benzene rings is 1. The van der Waals surface area contributed by atoms with E-state index in [1.807, 2.05) is 19.9 Å². The van der Waals surface area contributed by atoms with Crippen molar-refractivity contribution in [3.05, 3.63) is 69.8 Å². The molecule has 2 aromatic heterocycles. The summed E-state index contributed by atoms with van der Waals surface area (Å²) in [6.45, 7) is 3.25. The third-order valence-electron chi connectivity index (χ3n) is 3.87. The number of nitrogens with one attached hydrogen (secondary N) is 1. The first kappa shape index (κ1) is 19.3. The van der Waals surface area contributed by atoms with Crippen LogP contribution in [0.1, 0.15) is 17.0 Å². The average Bonchev–Trinajstić information content (AvgIpc) is 2.95. The van der Waals surface area contributed by atoms with E-state index >= 15 is 0 Å². The topological polar surface area (TPSA) is 81.8 Å². The lowest BCUT2D eigenvalue weighted by molar-refractivity contribution is -0.137. The molecule has 0 atom stereocenters. The molecule has 0 aliphatic rings. The van der Waals surface area contributed by atoms with E-state index in [9.17, 15) is 22.8 Å². The van der Waals surface area contributed by atoms with Crippen LogP contribution in [0.3, 0.4) is 0 Å². The first-order chi connectivity index (χ1) is 13.1. The molecular weight excluding hydrogens is 375 g/mol. The Labute approximate surface area is 157 Å². The number of rotatable bonds is 4. The van der Waals surface area contributed by atoms with Crippen molar-refractivity contribution in [1.82, 2.24) is 19.6 Å². The van der Waals surface area contributed by atoms with Crippen LogP contribution in [0, 0.1) is 13.8 Å². The van der Waals surface area contributed by atoms with Crippen molar-refractivity contribution in [3.63, 3.8) is 0 Å². The van der Waals surface area contributed by atoms with Crippen LogP contribution < -0.4 is 10.9 Å². The Morgan fingerprint density at radius 3 is 2.32 bits per heavy atom. The second-order valence-corrected chi connectivity index (χ2v) is 6.15. The van der Waals surface area contributed by atoms with Gasteiger partial charge in [-0.15, -0.1) is 5.10 Å². The van der Waals surface area contributed by atoms with E-state index in [1.54, 1.807) is 4.68 Å². The second-order valence-electron chi connectivity index (χ2n) is 6.15. The van der Waals surface area contributed by atoms with E-state index in [1.165, 1.54) is 12.1 Å². The second kappa shape index (κ2) is 7.29. The number of carbonyl (C=O) groups is 1. The molecule has 28 heavy (non-hydrogen) atoms. The van der Waals surface area contributed by atoms with Crippen molar-refractivity contribution in [2.75, 3.05) is 5.32 Å². The Hall–Kier alpha value is -3.43. The number of halogens is 3. The lowest BCUT2D eigenvalue weighted by atomic mass is 10.2. The molecule has 3 rings (SSSR count). The molecule has 0 spiro atoms. The number of hydrogen-bond acceptors (Lipinski definition) is 4. The van der Waals surface area contributed by atoms with Crippen LogP contribution in [0.4, 0.5) is 18.9 Å². The molecule has 0 aliphatic carbocycles. The Bertz CT molecular complexity index is 1070. The maximum atomic E-state index is 12.6. The fourth-order valence-electron chi connectivity index (χ4n) is 2.60. The minimum absolute atomic E-state index is 0.181. The molecule has 3 aromatic rings. The van der Waals surface area contributed by atoms with Gasteiger partial charge in [-0.1, -0.05) is 0 Å². The van der Waals surface area contributed by atoms with E-state index < -0.39 is 29.8 Å². The highest BCUT2D eigenvalue weighted by Crippen LogP contribution is 2.29.